The Morgan fingerprint density at radius 1 is 1.10 bits per heavy atom. The van der Waals surface area contributed by atoms with Crippen LogP contribution in [0.25, 0.3) is 0 Å². The van der Waals surface area contributed by atoms with Crippen LogP contribution >= 0.6 is 23.8 Å². The Morgan fingerprint density at radius 2 is 1.80 bits per heavy atom. The minimum Gasteiger partial charge on any atom is -0.493 e. The number of hydrogen-bond donors (Lipinski definition) is 2. The monoisotopic (exact) mass is 447 g/mol. The molecule has 2 aromatic carbocycles. The molecule has 0 atom stereocenters. The maximum Gasteiger partial charge on any atom is 0.257 e. The van der Waals surface area contributed by atoms with Crippen molar-refractivity contribution in [3.8, 4) is 11.5 Å². The molecule has 160 valence electrons. The van der Waals surface area contributed by atoms with Crippen molar-refractivity contribution >= 4 is 46.2 Å². The van der Waals surface area contributed by atoms with Gasteiger partial charge in [-0.15, -0.1) is 0 Å². The molecule has 1 amide bonds. The Morgan fingerprint density at radius 3 is 2.43 bits per heavy atom. The van der Waals surface area contributed by atoms with Gasteiger partial charge in [0.25, 0.3) is 5.91 Å². The van der Waals surface area contributed by atoms with Gasteiger partial charge in [0.15, 0.2) is 16.6 Å². The fraction of sp³-hybridized carbons (Fsp3) is 0.364. The molecule has 6 nitrogen and oxygen atoms in total. The number of benzene rings is 2. The van der Waals surface area contributed by atoms with E-state index in [9.17, 15) is 4.79 Å². The first-order chi connectivity index (χ1) is 14.4. The van der Waals surface area contributed by atoms with E-state index in [2.05, 4.69) is 22.5 Å². The lowest BCUT2D eigenvalue weighted by atomic mass is 9.99. The third-order valence-electron chi connectivity index (χ3n) is 5.20. The third kappa shape index (κ3) is 5.34. The lowest BCUT2D eigenvalue weighted by molar-refractivity contribution is 0.0977. The van der Waals surface area contributed by atoms with Crippen LogP contribution < -0.4 is 25.0 Å². The second-order valence-corrected chi connectivity index (χ2v) is 8.13. The second kappa shape index (κ2) is 10.00. The first-order valence-electron chi connectivity index (χ1n) is 9.80. The number of piperidine rings is 1. The number of halogens is 1. The summed E-state index contributed by atoms with van der Waals surface area (Å²) in [4.78, 5) is 14.8. The van der Waals surface area contributed by atoms with E-state index in [0.29, 0.717) is 27.8 Å². The first-order valence-corrected chi connectivity index (χ1v) is 10.6. The molecule has 0 spiro atoms. The number of methoxy groups -OCH3 is 2. The van der Waals surface area contributed by atoms with Gasteiger partial charge >= 0.3 is 0 Å². The summed E-state index contributed by atoms with van der Waals surface area (Å²) in [5.74, 6) is 1.43. The lowest BCUT2D eigenvalue weighted by Crippen LogP contribution is -2.34. The molecule has 0 bridgehead atoms. The number of ether oxygens (including phenoxy) is 2. The summed E-state index contributed by atoms with van der Waals surface area (Å²) in [5, 5.41) is 6.52. The van der Waals surface area contributed by atoms with Crippen molar-refractivity contribution in [2.45, 2.75) is 19.8 Å². The van der Waals surface area contributed by atoms with Gasteiger partial charge in [-0.3, -0.25) is 10.1 Å². The van der Waals surface area contributed by atoms with Gasteiger partial charge in [-0.05, 0) is 67.4 Å². The minimum absolute atomic E-state index is 0.186. The van der Waals surface area contributed by atoms with Crippen molar-refractivity contribution in [3.63, 3.8) is 0 Å². The molecule has 2 aromatic rings. The predicted molar refractivity (Wildman–Crippen MR) is 125 cm³/mol. The van der Waals surface area contributed by atoms with Crippen molar-refractivity contribution in [2.75, 3.05) is 37.5 Å². The quantitative estimate of drug-likeness (QED) is 0.646. The van der Waals surface area contributed by atoms with E-state index < -0.39 is 0 Å². The van der Waals surface area contributed by atoms with Gasteiger partial charge < -0.3 is 19.7 Å². The smallest absolute Gasteiger partial charge is 0.257 e. The van der Waals surface area contributed by atoms with Gasteiger partial charge in [-0.2, -0.15) is 0 Å². The summed E-state index contributed by atoms with van der Waals surface area (Å²) >= 11 is 11.8. The van der Waals surface area contributed by atoms with E-state index in [-0.39, 0.29) is 11.0 Å². The molecule has 2 N–H and O–H groups in total. The number of nitrogens with zero attached hydrogens (tertiary/aromatic N) is 1. The van der Waals surface area contributed by atoms with E-state index in [0.717, 1.165) is 24.7 Å². The fourth-order valence-electron chi connectivity index (χ4n) is 3.41. The number of rotatable bonds is 5. The Bertz CT molecular complexity index is 930. The fourth-order valence-corrected chi connectivity index (χ4v) is 3.92. The van der Waals surface area contributed by atoms with E-state index in [4.69, 9.17) is 33.3 Å². The highest BCUT2D eigenvalue weighted by Gasteiger charge is 2.18. The minimum atomic E-state index is -0.349. The van der Waals surface area contributed by atoms with E-state index in [1.165, 1.54) is 20.0 Å². The highest BCUT2D eigenvalue weighted by atomic mass is 35.5. The van der Waals surface area contributed by atoms with Crippen molar-refractivity contribution in [2.24, 2.45) is 5.92 Å². The average molecular weight is 448 g/mol. The second-order valence-electron chi connectivity index (χ2n) is 7.31. The summed E-state index contributed by atoms with van der Waals surface area (Å²) < 4.78 is 10.4. The maximum atomic E-state index is 12.5. The van der Waals surface area contributed by atoms with E-state index in [1.807, 2.05) is 18.2 Å². The highest BCUT2D eigenvalue weighted by molar-refractivity contribution is 7.80. The molecule has 0 unspecified atom stereocenters. The van der Waals surface area contributed by atoms with E-state index >= 15 is 0 Å². The van der Waals surface area contributed by atoms with Gasteiger partial charge in [0.1, 0.15) is 0 Å². The van der Waals surface area contributed by atoms with Crippen LogP contribution in [0, 0.1) is 5.92 Å². The third-order valence-corrected chi connectivity index (χ3v) is 5.71. The van der Waals surface area contributed by atoms with Gasteiger partial charge in [0.2, 0.25) is 0 Å². The zero-order valence-electron chi connectivity index (χ0n) is 17.3. The van der Waals surface area contributed by atoms with Crippen molar-refractivity contribution in [3.05, 3.63) is 47.0 Å². The molecular weight excluding hydrogens is 422 g/mol. The van der Waals surface area contributed by atoms with Crippen LogP contribution in [0.4, 0.5) is 11.4 Å². The largest absolute Gasteiger partial charge is 0.493 e. The van der Waals surface area contributed by atoms with Crippen molar-refractivity contribution < 1.29 is 14.3 Å². The number of nitrogens with one attached hydrogen (secondary N) is 2. The summed E-state index contributed by atoms with van der Waals surface area (Å²) in [6.07, 6.45) is 2.34. The van der Waals surface area contributed by atoms with Crippen LogP contribution in [0.1, 0.15) is 30.1 Å². The van der Waals surface area contributed by atoms with Gasteiger partial charge in [-0.1, -0.05) is 18.5 Å². The normalized spacial score (nSPS) is 14.2. The molecule has 1 fully saturated rings. The van der Waals surface area contributed by atoms with Crippen LogP contribution in [-0.4, -0.2) is 38.3 Å². The van der Waals surface area contributed by atoms with Crippen LogP contribution in [0.2, 0.25) is 5.02 Å². The van der Waals surface area contributed by atoms with Crippen molar-refractivity contribution in [1.82, 2.24) is 5.32 Å². The molecular formula is C22H26ClN3O3S. The van der Waals surface area contributed by atoms with Crippen LogP contribution in [0.15, 0.2) is 36.4 Å². The molecule has 1 heterocycles. The SMILES string of the molecule is COc1ccc(C(=O)NC(=S)Nc2ccc(N3CCC(C)CC3)c(Cl)c2)cc1OC. The van der Waals surface area contributed by atoms with Gasteiger partial charge in [0.05, 0.1) is 24.9 Å². The molecule has 0 saturated carbocycles. The number of thiocarbonyl (C=S) groups is 1. The molecule has 8 heteroatoms. The number of carbonyl (C=O) groups is 1. The lowest BCUT2D eigenvalue weighted by Gasteiger charge is -2.32. The molecule has 1 aliphatic heterocycles. The summed E-state index contributed by atoms with van der Waals surface area (Å²) in [5.41, 5.74) is 2.14. The molecule has 0 aliphatic carbocycles. The zero-order chi connectivity index (χ0) is 21.7. The number of carbonyl (C=O) groups excluding carboxylic acids is 1. The standard InChI is InChI=1S/C22H26ClN3O3S/c1-14-8-10-26(11-9-14)18-6-5-16(13-17(18)23)24-22(30)25-21(27)15-4-7-19(28-2)20(12-15)29-3/h4-7,12-14H,8-11H2,1-3H3,(H2,24,25,27,30). The molecule has 1 saturated heterocycles. The van der Waals surface area contributed by atoms with Gasteiger partial charge in [-0.25, -0.2) is 0 Å². The molecule has 1 aliphatic rings. The van der Waals surface area contributed by atoms with E-state index in [1.54, 1.807) is 25.3 Å². The highest BCUT2D eigenvalue weighted by Crippen LogP contribution is 2.32. The Balaban J connectivity index is 1.62. The Hall–Kier alpha value is -2.51. The molecule has 30 heavy (non-hydrogen) atoms. The number of amides is 1. The maximum absolute atomic E-state index is 12.5. The van der Waals surface area contributed by atoms with Crippen molar-refractivity contribution in [1.29, 1.82) is 0 Å². The Kier molecular flexibility index (Phi) is 7.39. The predicted octanol–water partition coefficient (Wildman–Crippen LogP) is 4.72. The zero-order valence-corrected chi connectivity index (χ0v) is 18.9. The number of anilines is 2. The summed E-state index contributed by atoms with van der Waals surface area (Å²) in [6, 6.07) is 10.6. The topological polar surface area (TPSA) is 62.8 Å². The van der Waals surface area contributed by atoms with Crippen LogP contribution in [0.5, 0.6) is 11.5 Å². The summed E-state index contributed by atoms with van der Waals surface area (Å²) in [6.45, 7) is 4.30. The molecule has 3 rings (SSSR count). The first kappa shape index (κ1) is 22.2. The number of hydrogen-bond acceptors (Lipinski definition) is 5. The molecule has 0 radical (unpaired) electrons. The molecule has 0 aromatic heterocycles. The summed E-state index contributed by atoms with van der Waals surface area (Å²) in [7, 11) is 3.06. The van der Waals surface area contributed by atoms with Crippen LogP contribution in [0.3, 0.4) is 0 Å². The van der Waals surface area contributed by atoms with Gasteiger partial charge in [0, 0.05) is 24.3 Å². The average Bonchev–Trinajstić information content (AvgIpc) is 2.74. The van der Waals surface area contributed by atoms with Crippen LogP contribution in [-0.2, 0) is 0 Å². The Labute approximate surface area is 187 Å².